The number of hydrogen-bond donors (Lipinski definition) is 2. The minimum atomic E-state index is -0.562. The Morgan fingerprint density at radius 3 is 2.68 bits per heavy atom. The standard InChI is InChI=1S/C23H20F2N4O3S2/c24-15-4-6-17(7-5-15)26-20(30)13-33-11-18-12-34-23(27-18)28-22(32)14-8-21(31)29(10-14)19-3-1-2-16(25)9-19/h1-7,9,12,14H,8,10-11,13H2,(H,26,30)(H,27,28,32). The molecule has 3 amide bonds. The normalized spacial score (nSPS) is 15.4. The average molecular weight is 503 g/mol. The van der Waals surface area contributed by atoms with Gasteiger partial charge < -0.3 is 15.5 Å². The highest BCUT2D eigenvalue weighted by Gasteiger charge is 2.35. The zero-order valence-electron chi connectivity index (χ0n) is 17.8. The molecule has 1 aromatic heterocycles. The summed E-state index contributed by atoms with van der Waals surface area (Å²) in [6, 6.07) is 11.2. The minimum absolute atomic E-state index is 0.0413. The molecule has 1 unspecified atom stereocenters. The van der Waals surface area contributed by atoms with Gasteiger partial charge in [-0.05, 0) is 42.5 Å². The van der Waals surface area contributed by atoms with Gasteiger partial charge in [-0.25, -0.2) is 13.8 Å². The maximum Gasteiger partial charge on any atom is 0.234 e. The van der Waals surface area contributed by atoms with E-state index in [-0.39, 0.29) is 42.3 Å². The molecule has 0 aliphatic carbocycles. The Bertz CT molecular complexity index is 1200. The van der Waals surface area contributed by atoms with Crippen LogP contribution in [-0.4, -0.2) is 35.0 Å². The quantitative estimate of drug-likeness (QED) is 0.480. The molecule has 1 fully saturated rings. The van der Waals surface area contributed by atoms with Gasteiger partial charge in [-0.3, -0.25) is 14.4 Å². The van der Waals surface area contributed by atoms with Gasteiger partial charge in [-0.2, -0.15) is 0 Å². The number of halogens is 2. The van der Waals surface area contributed by atoms with Crippen molar-refractivity contribution >= 4 is 57.3 Å². The van der Waals surface area contributed by atoms with Crippen LogP contribution in [0.4, 0.5) is 25.3 Å². The molecule has 0 radical (unpaired) electrons. The lowest BCUT2D eigenvalue weighted by Gasteiger charge is -2.16. The summed E-state index contributed by atoms with van der Waals surface area (Å²) < 4.78 is 26.4. The lowest BCUT2D eigenvalue weighted by Crippen LogP contribution is -2.28. The lowest BCUT2D eigenvalue weighted by atomic mass is 10.1. The van der Waals surface area contributed by atoms with E-state index in [2.05, 4.69) is 15.6 Å². The number of thiazole rings is 1. The molecule has 176 valence electrons. The first-order chi connectivity index (χ1) is 16.4. The highest BCUT2D eigenvalue weighted by molar-refractivity contribution is 7.99. The van der Waals surface area contributed by atoms with Crippen LogP contribution in [-0.2, 0) is 20.1 Å². The summed E-state index contributed by atoms with van der Waals surface area (Å²) in [5.74, 6) is -1.49. The van der Waals surface area contributed by atoms with Crippen molar-refractivity contribution in [3.05, 3.63) is 71.2 Å². The lowest BCUT2D eigenvalue weighted by molar-refractivity contribution is -0.122. The minimum Gasteiger partial charge on any atom is -0.325 e. The van der Waals surface area contributed by atoms with Gasteiger partial charge in [0.15, 0.2) is 5.13 Å². The molecule has 1 aliphatic heterocycles. The molecule has 0 bridgehead atoms. The van der Waals surface area contributed by atoms with Crippen molar-refractivity contribution in [2.45, 2.75) is 12.2 Å². The fraction of sp³-hybridized carbons (Fsp3) is 0.217. The van der Waals surface area contributed by atoms with Crippen molar-refractivity contribution in [1.29, 1.82) is 0 Å². The summed E-state index contributed by atoms with van der Waals surface area (Å²) in [4.78, 5) is 42.7. The van der Waals surface area contributed by atoms with Gasteiger partial charge in [0.1, 0.15) is 11.6 Å². The Kier molecular flexibility index (Phi) is 7.53. The maximum atomic E-state index is 13.5. The number of aromatic nitrogens is 1. The Morgan fingerprint density at radius 1 is 1.12 bits per heavy atom. The molecule has 1 atom stereocenters. The molecule has 1 saturated heterocycles. The predicted molar refractivity (Wildman–Crippen MR) is 129 cm³/mol. The molecular weight excluding hydrogens is 482 g/mol. The van der Waals surface area contributed by atoms with Crippen molar-refractivity contribution in [3.8, 4) is 0 Å². The smallest absolute Gasteiger partial charge is 0.234 e. The highest BCUT2D eigenvalue weighted by Crippen LogP contribution is 2.27. The molecule has 11 heteroatoms. The van der Waals surface area contributed by atoms with Crippen molar-refractivity contribution in [2.75, 3.05) is 27.8 Å². The van der Waals surface area contributed by atoms with E-state index >= 15 is 0 Å². The van der Waals surface area contributed by atoms with Crippen molar-refractivity contribution in [3.63, 3.8) is 0 Å². The number of nitrogens with one attached hydrogen (secondary N) is 2. The van der Waals surface area contributed by atoms with Gasteiger partial charge in [-0.15, -0.1) is 23.1 Å². The first-order valence-corrected chi connectivity index (χ1v) is 12.3. The number of amides is 3. The molecule has 7 nitrogen and oxygen atoms in total. The highest BCUT2D eigenvalue weighted by atomic mass is 32.2. The molecule has 2 heterocycles. The molecule has 34 heavy (non-hydrogen) atoms. The SMILES string of the molecule is O=C(CSCc1csc(NC(=O)C2CC(=O)N(c3cccc(F)c3)C2)n1)Nc1ccc(F)cc1. The summed E-state index contributed by atoms with van der Waals surface area (Å²) in [7, 11) is 0. The van der Waals surface area contributed by atoms with E-state index < -0.39 is 11.7 Å². The Morgan fingerprint density at radius 2 is 1.91 bits per heavy atom. The second-order valence-electron chi connectivity index (χ2n) is 7.57. The summed E-state index contributed by atoms with van der Waals surface area (Å²) in [5.41, 5.74) is 1.66. The van der Waals surface area contributed by atoms with Crippen LogP contribution in [0.2, 0.25) is 0 Å². The van der Waals surface area contributed by atoms with Gasteiger partial charge >= 0.3 is 0 Å². The van der Waals surface area contributed by atoms with Crippen molar-refractivity contribution in [1.82, 2.24) is 4.98 Å². The van der Waals surface area contributed by atoms with E-state index in [1.165, 1.54) is 70.5 Å². The van der Waals surface area contributed by atoms with Crippen LogP contribution >= 0.6 is 23.1 Å². The van der Waals surface area contributed by atoms with Crippen LogP contribution in [0, 0.1) is 17.6 Å². The summed E-state index contributed by atoms with van der Waals surface area (Å²) in [6.45, 7) is 0.172. The Balaban J connectivity index is 1.23. The predicted octanol–water partition coefficient (Wildman–Crippen LogP) is 4.28. The zero-order valence-corrected chi connectivity index (χ0v) is 19.4. The van der Waals surface area contributed by atoms with E-state index in [1.54, 1.807) is 11.4 Å². The van der Waals surface area contributed by atoms with E-state index in [1.807, 2.05) is 0 Å². The molecule has 0 saturated carbocycles. The van der Waals surface area contributed by atoms with Gasteiger partial charge in [0, 0.05) is 35.5 Å². The molecule has 0 spiro atoms. The fourth-order valence-electron chi connectivity index (χ4n) is 3.39. The van der Waals surface area contributed by atoms with Crippen LogP contribution in [0.1, 0.15) is 12.1 Å². The van der Waals surface area contributed by atoms with Gasteiger partial charge in [0.05, 0.1) is 17.4 Å². The summed E-state index contributed by atoms with van der Waals surface area (Å²) >= 11 is 2.62. The largest absolute Gasteiger partial charge is 0.325 e. The van der Waals surface area contributed by atoms with Gasteiger partial charge in [0.25, 0.3) is 0 Å². The van der Waals surface area contributed by atoms with E-state index in [0.29, 0.717) is 28.0 Å². The van der Waals surface area contributed by atoms with E-state index in [9.17, 15) is 23.2 Å². The molecule has 2 aromatic carbocycles. The zero-order chi connectivity index (χ0) is 24.1. The summed E-state index contributed by atoms with van der Waals surface area (Å²) in [5, 5.41) is 7.63. The third kappa shape index (κ3) is 6.17. The Labute approximate surface area is 202 Å². The van der Waals surface area contributed by atoms with Crippen LogP contribution < -0.4 is 15.5 Å². The van der Waals surface area contributed by atoms with Crippen LogP contribution in [0.15, 0.2) is 53.9 Å². The molecule has 1 aliphatic rings. The summed E-state index contributed by atoms with van der Waals surface area (Å²) in [6.07, 6.45) is 0.0413. The molecular formula is C23H20F2N4O3S2. The van der Waals surface area contributed by atoms with Crippen molar-refractivity contribution < 1.29 is 23.2 Å². The number of benzene rings is 2. The van der Waals surface area contributed by atoms with Gasteiger partial charge in [-0.1, -0.05) is 6.07 Å². The van der Waals surface area contributed by atoms with Crippen molar-refractivity contribution in [2.24, 2.45) is 5.92 Å². The maximum absolute atomic E-state index is 13.5. The van der Waals surface area contributed by atoms with Crippen LogP contribution in [0.5, 0.6) is 0 Å². The van der Waals surface area contributed by atoms with E-state index in [4.69, 9.17) is 0 Å². The second kappa shape index (κ2) is 10.7. The van der Waals surface area contributed by atoms with Crippen LogP contribution in [0.3, 0.4) is 0 Å². The number of nitrogens with zero attached hydrogens (tertiary/aromatic N) is 2. The number of hydrogen-bond acceptors (Lipinski definition) is 6. The topological polar surface area (TPSA) is 91.4 Å². The molecule has 3 aromatic rings. The Hall–Kier alpha value is -3.31. The van der Waals surface area contributed by atoms with Gasteiger partial charge in [0.2, 0.25) is 17.7 Å². The average Bonchev–Trinajstić information content (AvgIpc) is 3.41. The fourth-order valence-corrected chi connectivity index (χ4v) is 4.93. The second-order valence-corrected chi connectivity index (χ2v) is 9.41. The number of anilines is 3. The third-order valence-corrected chi connectivity index (χ3v) is 6.78. The first-order valence-electron chi connectivity index (χ1n) is 10.3. The number of rotatable bonds is 8. The van der Waals surface area contributed by atoms with Crippen LogP contribution in [0.25, 0.3) is 0 Å². The number of carbonyl (C=O) groups excluding carboxylic acids is 3. The first kappa shape index (κ1) is 23.8. The molecule has 4 rings (SSSR count). The van der Waals surface area contributed by atoms with E-state index in [0.717, 1.165) is 0 Å². The molecule has 2 N–H and O–H groups in total. The monoisotopic (exact) mass is 502 g/mol. The number of carbonyl (C=O) groups is 3. The third-order valence-electron chi connectivity index (χ3n) is 5.01. The number of thioether (sulfide) groups is 1.